The molecule has 1 aliphatic carbocycles. The van der Waals surface area contributed by atoms with E-state index in [2.05, 4.69) is 18.8 Å². The van der Waals surface area contributed by atoms with Crippen molar-refractivity contribution in [1.82, 2.24) is 9.38 Å². The van der Waals surface area contributed by atoms with Crippen LogP contribution < -0.4 is 11.3 Å². The number of thiazole rings is 1. The Labute approximate surface area is 146 Å². The first-order valence-electron chi connectivity index (χ1n) is 7.83. The average Bonchev–Trinajstić information content (AvgIpc) is 2.82. The maximum atomic E-state index is 12.9. The number of carboxylic acids is 1. The SMILES string of the molecule is CC1CC(C)(C)Cc2sc3nc(O)c(C(=O)C(N)C(=O)O)c(=O)n3c21. The normalized spacial score (nSPS) is 20.2. The lowest BCUT2D eigenvalue weighted by Gasteiger charge is -2.33. The molecule has 0 fully saturated rings. The van der Waals surface area contributed by atoms with E-state index in [1.54, 1.807) is 0 Å². The second-order valence-electron chi connectivity index (χ2n) is 7.27. The van der Waals surface area contributed by atoms with Gasteiger partial charge in [-0.2, -0.15) is 4.98 Å². The predicted octanol–water partition coefficient (Wildman–Crippen LogP) is 1.13. The van der Waals surface area contributed by atoms with Crippen molar-refractivity contribution in [2.75, 3.05) is 0 Å². The molecule has 2 atom stereocenters. The molecule has 4 N–H and O–H groups in total. The summed E-state index contributed by atoms with van der Waals surface area (Å²) in [5.41, 5.74) is 4.72. The number of aromatic hydroxyl groups is 1. The Morgan fingerprint density at radius 3 is 2.68 bits per heavy atom. The van der Waals surface area contributed by atoms with Gasteiger partial charge in [-0.25, -0.2) is 0 Å². The Hall–Kier alpha value is -2.26. The summed E-state index contributed by atoms with van der Waals surface area (Å²) in [6.07, 6.45) is 1.62. The molecule has 9 heteroatoms. The van der Waals surface area contributed by atoms with Crippen LogP contribution in [0.5, 0.6) is 5.88 Å². The summed E-state index contributed by atoms with van der Waals surface area (Å²) >= 11 is 1.30. The van der Waals surface area contributed by atoms with Crippen molar-refractivity contribution in [3.8, 4) is 5.88 Å². The number of rotatable bonds is 3. The summed E-state index contributed by atoms with van der Waals surface area (Å²) in [5, 5.41) is 18.9. The molecule has 0 saturated heterocycles. The first-order valence-corrected chi connectivity index (χ1v) is 8.65. The highest BCUT2D eigenvalue weighted by Crippen LogP contribution is 2.44. The number of hydrogen-bond acceptors (Lipinski definition) is 7. The van der Waals surface area contributed by atoms with Gasteiger partial charge in [-0.1, -0.05) is 20.8 Å². The number of carbonyl (C=O) groups excluding carboxylic acids is 1. The number of nitrogens with zero attached hydrogens (tertiary/aromatic N) is 2. The Bertz CT molecular complexity index is 959. The summed E-state index contributed by atoms with van der Waals surface area (Å²) in [5.74, 6) is -3.44. The zero-order valence-electron chi connectivity index (χ0n) is 14.1. The Kier molecular flexibility index (Phi) is 3.96. The van der Waals surface area contributed by atoms with Crippen molar-refractivity contribution in [3.05, 3.63) is 26.5 Å². The molecule has 2 heterocycles. The number of aromatic nitrogens is 2. The van der Waals surface area contributed by atoms with Crippen molar-refractivity contribution >= 4 is 28.1 Å². The van der Waals surface area contributed by atoms with E-state index in [0.717, 1.165) is 23.4 Å². The fourth-order valence-corrected chi connectivity index (χ4v) is 5.08. The fraction of sp³-hybridized carbons (Fsp3) is 0.500. The third kappa shape index (κ3) is 2.73. The molecule has 0 bridgehead atoms. The summed E-state index contributed by atoms with van der Waals surface area (Å²) in [4.78, 5) is 41.3. The fourth-order valence-electron chi connectivity index (χ4n) is 3.60. The topological polar surface area (TPSA) is 135 Å². The Morgan fingerprint density at radius 2 is 2.08 bits per heavy atom. The van der Waals surface area contributed by atoms with Gasteiger partial charge in [-0.3, -0.25) is 18.8 Å². The molecule has 3 rings (SSSR count). The summed E-state index contributed by atoms with van der Waals surface area (Å²) in [7, 11) is 0. The molecule has 2 aromatic heterocycles. The number of aliphatic carboxylic acids is 1. The molecule has 2 aromatic rings. The van der Waals surface area contributed by atoms with Crippen molar-refractivity contribution < 1.29 is 19.8 Å². The molecule has 134 valence electrons. The molecular formula is C16H19N3O5S. The van der Waals surface area contributed by atoms with Gasteiger partial charge in [0.05, 0.1) is 0 Å². The first-order chi connectivity index (χ1) is 11.5. The van der Waals surface area contributed by atoms with Crippen LogP contribution in [-0.4, -0.2) is 37.4 Å². The molecule has 0 aliphatic heterocycles. The van der Waals surface area contributed by atoms with Crippen LogP contribution in [0.4, 0.5) is 0 Å². The summed E-state index contributed by atoms with van der Waals surface area (Å²) < 4.78 is 1.32. The van der Waals surface area contributed by atoms with Crippen LogP contribution in [-0.2, 0) is 11.2 Å². The van der Waals surface area contributed by atoms with Crippen LogP contribution in [0.25, 0.3) is 4.96 Å². The first kappa shape index (κ1) is 17.6. The predicted molar refractivity (Wildman–Crippen MR) is 91.5 cm³/mol. The lowest BCUT2D eigenvalue weighted by atomic mass is 9.74. The lowest BCUT2D eigenvalue weighted by molar-refractivity contribution is -0.137. The Morgan fingerprint density at radius 1 is 1.44 bits per heavy atom. The quantitative estimate of drug-likeness (QED) is 0.548. The second-order valence-corrected chi connectivity index (χ2v) is 8.33. The number of carboxylic acid groups (broad SMARTS) is 1. The lowest BCUT2D eigenvalue weighted by Crippen LogP contribution is -2.41. The Balaban J connectivity index is 2.28. The van der Waals surface area contributed by atoms with Gasteiger partial charge >= 0.3 is 5.97 Å². The van der Waals surface area contributed by atoms with Gasteiger partial charge in [0.2, 0.25) is 11.7 Å². The molecule has 25 heavy (non-hydrogen) atoms. The van der Waals surface area contributed by atoms with Crippen LogP contribution in [0.3, 0.4) is 0 Å². The molecular weight excluding hydrogens is 346 g/mol. The van der Waals surface area contributed by atoms with Crippen molar-refractivity contribution in [2.45, 2.75) is 45.6 Å². The molecule has 0 radical (unpaired) electrons. The number of nitrogens with two attached hydrogens (primary N) is 1. The van der Waals surface area contributed by atoms with Gasteiger partial charge in [0, 0.05) is 10.6 Å². The van der Waals surface area contributed by atoms with Gasteiger partial charge in [-0.15, -0.1) is 11.3 Å². The maximum absolute atomic E-state index is 12.9. The summed E-state index contributed by atoms with van der Waals surface area (Å²) in [6, 6.07) is -1.93. The standard InChI is InChI=1S/C16H19N3O5S/c1-6-4-16(2,3)5-7-10(6)19-13(22)8(11(20)9(17)14(23)24)12(21)18-15(19)25-7/h6,9,21H,4-5,17H2,1-3H3,(H,23,24). The maximum Gasteiger partial charge on any atom is 0.328 e. The zero-order chi connectivity index (χ0) is 18.7. The molecule has 0 amide bonds. The van der Waals surface area contributed by atoms with E-state index in [9.17, 15) is 19.5 Å². The van der Waals surface area contributed by atoms with Crippen LogP contribution in [0, 0.1) is 5.41 Å². The van der Waals surface area contributed by atoms with Gasteiger partial charge < -0.3 is 15.9 Å². The van der Waals surface area contributed by atoms with E-state index >= 15 is 0 Å². The number of hydrogen-bond donors (Lipinski definition) is 3. The molecule has 0 saturated carbocycles. The largest absolute Gasteiger partial charge is 0.493 e. The average molecular weight is 365 g/mol. The van der Waals surface area contributed by atoms with E-state index in [1.165, 1.54) is 15.7 Å². The monoisotopic (exact) mass is 365 g/mol. The zero-order valence-corrected chi connectivity index (χ0v) is 14.9. The van der Waals surface area contributed by atoms with Crippen LogP contribution in [0.15, 0.2) is 4.79 Å². The van der Waals surface area contributed by atoms with Crippen LogP contribution in [0.1, 0.15) is 54.0 Å². The highest BCUT2D eigenvalue weighted by atomic mass is 32.1. The molecule has 0 spiro atoms. The number of carbonyl (C=O) groups is 2. The third-order valence-electron chi connectivity index (χ3n) is 4.53. The van der Waals surface area contributed by atoms with Gasteiger partial charge in [-0.05, 0) is 24.2 Å². The van der Waals surface area contributed by atoms with Gasteiger partial charge in [0.15, 0.2) is 11.0 Å². The molecule has 0 aromatic carbocycles. The van der Waals surface area contributed by atoms with Crippen LogP contribution in [0.2, 0.25) is 0 Å². The van der Waals surface area contributed by atoms with E-state index < -0.39 is 34.8 Å². The number of ketones is 1. The molecule has 8 nitrogen and oxygen atoms in total. The minimum Gasteiger partial charge on any atom is -0.493 e. The summed E-state index contributed by atoms with van der Waals surface area (Å²) in [6.45, 7) is 6.28. The van der Waals surface area contributed by atoms with E-state index in [4.69, 9.17) is 10.8 Å². The van der Waals surface area contributed by atoms with Gasteiger partial charge in [0.25, 0.3) is 5.56 Å². The highest BCUT2D eigenvalue weighted by Gasteiger charge is 2.36. The minimum absolute atomic E-state index is 0.0626. The van der Waals surface area contributed by atoms with Gasteiger partial charge in [0.1, 0.15) is 5.56 Å². The third-order valence-corrected chi connectivity index (χ3v) is 5.59. The van der Waals surface area contributed by atoms with Crippen molar-refractivity contribution in [3.63, 3.8) is 0 Å². The van der Waals surface area contributed by atoms with E-state index in [-0.39, 0.29) is 16.3 Å². The smallest absolute Gasteiger partial charge is 0.328 e. The number of Topliss-reactive ketones (excluding diaryl/α,β-unsaturated/α-hetero) is 1. The van der Waals surface area contributed by atoms with Crippen molar-refractivity contribution in [2.24, 2.45) is 11.1 Å². The minimum atomic E-state index is -1.93. The molecule has 2 unspecified atom stereocenters. The second kappa shape index (κ2) is 5.63. The van der Waals surface area contributed by atoms with E-state index in [1.807, 2.05) is 6.92 Å². The van der Waals surface area contributed by atoms with Crippen LogP contribution >= 0.6 is 11.3 Å². The van der Waals surface area contributed by atoms with Crippen molar-refractivity contribution in [1.29, 1.82) is 0 Å². The van der Waals surface area contributed by atoms with E-state index in [0.29, 0.717) is 0 Å². The molecule has 1 aliphatic rings. The number of fused-ring (bicyclic) bond motifs is 3. The highest BCUT2D eigenvalue weighted by molar-refractivity contribution is 7.17.